The zero-order valence-corrected chi connectivity index (χ0v) is 11.7. The van der Waals surface area contributed by atoms with Crippen LogP contribution in [-0.2, 0) is 4.79 Å². The largest absolute Gasteiger partial charge is 0.459 e. The minimum Gasteiger partial charge on any atom is -0.459 e. The molecule has 2 rings (SSSR count). The van der Waals surface area contributed by atoms with Gasteiger partial charge in [-0.3, -0.25) is 9.59 Å². The number of hydrogen-bond donors (Lipinski definition) is 3. The monoisotopic (exact) mass is 280 g/mol. The van der Waals surface area contributed by atoms with Gasteiger partial charge in [0.25, 0.3) is 5.91 Å². The summed E-state index contributed by atoms with van der Waals surface area (Å²) in [6, 6.07) is 3.19. The first kappa shape index (κ1) is 14.6. The van der Waals surface area contributed by atoms with Gasteiger partial charge in [-0.05, 0) is 18.6 Å². The molecule has 0 aliphatic heterocycles. The molecule has 20 heavy (non-hydrogen) atoms. The maximum Gasteiger partial charge on any atom is 0.286 e. The molecule has 1 fully saturated rings. The molecule has 3 N–H and O–H groups in total. The van der Waals surface area contributed by atoms with Crippen molar-refractivity contribution < 1.29 is 19.1 Å². The van der Waals surface area contributed by atoms with E-state index in [0.29, 0.717) is 6.42 Å². The van der Waals surface area contributed by atoms with E-state index < -0.39 is 0 Å². The van der Waals surface area contributed by atoms with E-state index >= 15 is 0 Å². The molecule has 1 saturated carbocycles. The number of carbonyl (C=O) groups excluding carboxylic acids is 2. The van der Waals surface area contributed by atoms with Crippen LogP contribution in [0.4, 0.5) is 0 Å². The molecule has 1 aromatic heterocycles. The van der Waals surface area contributed by atoms with Crippen LogP contribution in [0, 0.1) is 5.41 Å². The van der Waals surface area contributed by atoms with Crippen LogP contribution in [0.1, 0.15) is 37.2 Å². The lowest BCUT2D eigenvalue weighted by molar-refractivity contribution is -0.129. The lowest BCUT2D eigenvalue weighted by Gasteiger charge is -2.49. The molecule has 6 nitrogen and oxygen atoms in total. The van der Waals surface area contributed by atoms with E-state index in [1.807, 2.05) is 13.8 Å². The molecule has 110 valence electrons. The average molecular weight is 280 g/mol. The Labute approximate surface area is 117 Å². The maximum atomic E-state index is 11.7. The Morgan fingerprint density at radius 1 is 1.50 bits per heavy atom. The minimum atomic E-state index is -0.369. The van der Waals surface area contributed by atoms with E-state index in [1.165, 1.54) is 6.26 Å². The quantitative estimate of drug-likeness (QED) is 0.739. The number of amides is 2. The molecular weight excluding hydrogens is 260 g/mol. The summed E-state index contributed by atoms with van der Waals surface area (Å²) in [6.45, 7) is 4.09. The number of furan rings is 1. The summed E-state index contributed by atoms with van der Waals surface area (Å²) in [5.41, 5.74) is -0.285. The van der Waals surface area contributed by atoms with Gasteiger partial charge in [-0.2, -0.15) is 0 Å². The molecule has 0 aromatic carbocycles. The summed E-state index contributed by atoms with van der Waals surface area (Å²) in [5, 5.41) is 15.1. The number of carbonyl (C=O) groups is 2. The minimum absolute atomic E-state index is 0.00854. The molecule has 1 aliphatic carbocycles. The van der Waals surface area contributed by atoms with Crippen LogP contribution in [-0.4, -0.2) is 35.6 Å². The van der Waals surface area contributed by atoms with Gasteiger partial charge in [0.2, 0.25) is 5.91 Å². The zero-order chi connectivity index (χ0) is 14.8. The van der Waals surface area contributed by atoms with Gasteiger partial charge in [-0.25, -0.2) is 0 Å². The summed E-state index contributed by atoms with van der Waals surface area (Å²) in [6.07, 6.45) is 1.84. The van der Waals surface area contributed by atoms with Crippen molar-refractivity contribution in [2.75, 3.05) is 6.54 Å². The maximum absolute atomic E-state index is 11.7. The van der Waals surface area contributed by atoms with Gasteiger partial charge in [0.05, 0.1) is 12.4 Å². The van der Waals surface area contributed by atoms with Gasteiger partial charge in [-0.15, -0.1) is 0 Å². The summed E-state index contributed by atoms with van der Waals surface area (Å²) in [4.78, 5) is 23.3. The van der Waals surface area contributed by atoms with Crippen molar-refractivity contribution >= 4 is 11.8 Å². The highest BCUT2D eigenvalue weighted by Gasteiger charge is 2.47. The predicted octanol–water partition coefficient (Wildman–Crippen LogP) is 0.675. The first-order valence-corrected chi connectivity index (χ1v) is 6.70. The van der Waals surface area contributed by atoms with Crippen molar-refractivity contribution in [3.8, 4) is 0 Å². The zero-order valence-electron chi connectivity index (χ0n) is 11.7. The molecule has 2 amide bonds. The Kier molecular flexibility index (Phi) is 4.13. The molecule has 2 unspecified atom stereocenters. The van der Waals surface area contributed by atoms with E-state index in [9.17, 15) is 14.7 Å². The first-order valence-electron chi connectivity index (χ1n) is 6.70. The fourth-order valence-electron chi connectivity index (χ4n) is 2.20. The second kappa shape index (κ2) is 5.66. The number of aliphatic hydroxyl groups is 1. The fraction of sp³-hybridized carbons (Fsp3) is 0.571. The van der Waals surface area contributed by atoms with E-state index in [0.717, 1.165) is 0 Å². The third-order valence-corrected chi connectivity index (χ3v) is 3.93. The predicted molar refractivity (Wildman–Crippen MR) is 72.0 cm³/mol. The molecular formula is C14H20N2O4. The topological polar surface area (TPSA) is 91.6 Å². The third kappa shape index (κ3) is 3.01. The Balaban J connectivity index is 1.67. The van der Waals surface area contributed by atoms with Gasteiger partial charge < -0.3 is 20.2 Å². The van der Waals surface area contributed by atoms with Crippen molar-refractivity contribution in [1.82, 2.24) is 10.6 Å². The van der Waals surface area contributed by atoms with Crippen LogP contribution in [0.2, 0.25) is 0 Å². The summed E-state index contributed by atoms with van der Waals surface area (Å²) in [7, 11) is 0. The fourth-order valence-corrected chi connectivity index (χ4v) is 2.20. The van der Waals surface area contributed by atoms with E-state index in [2.05, 4.69) is 10.6 Å². The molecule has 1 aliphatic rings. The normalized spacial score (nSPS) is 23.8. The van der Waals surface area contributed by atoms with Crippen molar-refractivity contribution in [3.63, 3.8) is 0 Å². The summed E-state index contributed by atoms with van der Waals surface area (Å²) in [5.74, 6) is -0.231. The standard InChI is InChI=1S/C14H20N2O4/c1-14(2)10(8-11(14)17)16-12(18)5-6-15-13(19)9-4-3-7-20-9/h3-4,7,10-11,17H,5-6,8H2,1-2H3,(H,15,19)(H,16,18). The average Bonchev–Trinajstić information content (AvgIpc) is 2.92. The smallest absolute Gasteiger partial charge is 0.286 e. The Morgan fingerprint density at radius 2 is 2.25 bits per heavy atom. The van der Waals surface area contributed by atoms with Crippen molar-refractivity contribution in [2.24, 2.45) is 5.41 Å². The second-order valence-corrected chi connectivity index (χ2v) is 5.68. The van der Waals surface area contributed by atoms with Gasteiger partial charge >= 0.3 is 0 Å². The molecule has 0 saturated heterocycles. The molecule has 1 aromatic rings. The molecule has 0 spiro atoms. The van der Waals surface area contributed by atoms with Crippen molar-refractivity contribution in [1.29, 1.82) is 0 Å². The van der Waals surface area contributed by atoms with Crippen LogP contribution in [0.15, 0.2) is 22.8 Å². The first-order chi connectivity index (χ1) is 9.41. The number of hydrogen-bond acceptors (Lipinski definition) is 4. The Bertz CT molecular complexity index is 481. The molecule has 0 bridgehead atoms. The molecule has 0 radical (unpaired) electrons. The highest BCUT2D eigenvalue weighted by molar-refractivity contribution is 5.91. The molecule has 6 heteroatoms. The summed E-state index contributed by atoms with van der Waals surface area (Å²) < 4.78 is 4.94. The van der Waals surface area contributed by atoms with E-state index in [4.69, 9.17) is 4.42 Å². The van der Waals surface area contributed by atoms with Gasteiger partial charge in [-0.1, -0.05) is 13.8 Å². The van der Waals surface area contributed by atoms with Crippen LogP contribution in [0.25, 0.3) is 0 Å². The highest BCUT2D eigenvalue weighted by Crippen LogP contribution is 2.40. The van der Waals surface area contributed by atoms with Crippen molar-refractivity contribution in [3.05, 3.63) is 24.2 Å². The van der Waals surface area contributed by atoms with E-state index in [-0.39, 0.29) is 48.1 Å². The van der Waals surface area contributed by atoms with E-state index in [1.54, 1.807) is 12.1 Å². The number of nitrogens with one attached hydrogen (secondary N) is 2. The van der Waals surface area contributed by atoms with Crippen LogP contribution >= 0.6 is 0 Å². The van der Waals surface area contributed by atoms with Gasteiger partial charge in [0, 0.05) is 24.4 Å². The SMILES string of the molecule is CC1(C)C(O)CC1NC(=O)CCNC(=O)c1ccco1. The third-order valence-electron chi connectivity index (χ3n) is 3.93. The van der Waals surface area contributed by atoms with Crippen LogP contribution in [0.3, 0.4) is 0 Å². The number of rotatable bonds is 5. The Morgan fingerprint density at radius 3 is 2.80 bits per heavy atom. The lowest BCUT2D eigenvalue weighted by Crippen LogP contribution is -2.61. The van der Waals surface area contributed by atoms with Crippen LogP contribution < -0.4 is 10.6 Å². The molecule has 2 atom stereocenters. The summed E-state index contributed by atoms with van der Waals surface area (Å²) >= 11 is 0. The Hall–Kier alpha value is -1.82. The van der Waals surface area contributed by atoms with Gasteiger partial charge in [0.1, 0.15) is 0 Å². The lowest BCUT2D eigenvalue weighted by atomic mass is 9.64. The van der Waals surface area contributed by atoms with Crippen LogP contribution in [0.5, 0.6) is 0 Å². The van der Waals surface area contributed by atoms with Gasteiger partial charge in [0.15, 0.2) is 5.76 Å². The highest BCUT2D eigenvalue weighted by atomic mass is 16.3. The second-order valence-electron chi connectivity index (χ2n) is 5.68. The van der Waals surface area contributed by atoms with Crippen molar-refractivity contribution in [2.45, 2.75) is 38.8 Å². The molecule has 1 heterocycles. The number of aliphatic hydroxyl groups excluding tert-OH is 1.